The van der Waals surface area contributed by atoms with Crippen molar-refractivity contribution in [2.45, 2.75) is 52.7 Å². The molecule has 0 aromatic heterocycles. The van der Waals surface area contributed by atoms with Crippen molar-refractivity contribution >= 4 is 44.9 Å². The van der Waals surface area contributed by atoms with Crippen LogP contribution in [-0.2, 0) is 4.79 Å². The van der Waals surface area contributed by atoms with Crippen molar-refractivity contribution in [3.8, 4) is 11.5 Å². The number of nitrogens with zero attached hydrogens (tertiary/aromatic N) is 1. The molecule has 0 bridgehead atoms. The van der Waals surface area contributed by atoms with Crippen LogP contribution in [0.1, 0.15) is 46.1 Å². The molecule has 2 atom stereocenters. The molecule has 0 radical (unpaired) electrons. The maximum absolute atomic E-state index is 12.6. The topological polar surface area (TPSA) is 55.8 Å². The predicted octanol–water partition coefficient (Wildman–Crippen LogP) is 5.47. The first-order valence-electron chi connectivity index (χ1n) is 8.63. The van der Waals surface area contributed by atoms with E-state index in [4.69, 9.17) is 9.47 Å². The Morgan fingerprint density at radius 1 is 1.23 bits per heavy atom. The standard InChI is InChI=1S/C19H24BrNO4S/c1-6-11(3)21-18(22)16(26-19(21)23)10-13-8-14(20)17(15(9-13)24-5)25-12(4)7-2/h8-12H,6-7H2,1-5H3/b16-10+/t11-,12-/m1/s1. The molecule has 142 valence electrons. The number of rotatable bonds is 7. The van der Waals surface area contributed by atoms with Gasteiger partial charge in [-0.3, -0.25) is 14.5 Å². The van der Waals surface area contributed by atoms with Crippen molar-refractivity contribution in [1.29, 1.82) is 0 Å². The summed E-state index contributed by atoms with van der Waals surface area (Å²) in [4.78, 5) is 26.5. The molecule has 26 heavy (non-hydrogen) atoms. The maximum atomic E-state index is 12.6. The third-order valence-electron chi connectivity index (χ3n) is 4.30. The van der Waals surface area contributed by atoms with Gasteiger partial charge in [0.15, 0.2) is 11.5 Å². The Morgan fingerprint density at radius 2 is 1.92 bits per heavy atom. The van der Waals surface area contributed by atoms with E-state index in [-0.39, 0.29) is 23.3 Å². The van der Waals surface area contributed by atoms with Gasteiger partial charge in [-0.2, -0.15) is 0 Å². The number of thioether (sulfide) groups is 1. The number of hydrogen-bond acceptors (Lipinski definition) is 5. The first kappa shape index (κ1) is 20.8. The predicted molar refractivity (Wildman–Crippen MR) is 109 cm³/mol. The van der Waals surface area contributed by atoms with Crippen LogP contribution in [0.15, 0.2) is 21.5 Å². The summed E-state index contributed by atoms with van der Waals surface area (Å²) in [7, 11) is 1.58. The lowest BCUT2D eigenvalue weighted by Gasteiger charge is -2.19. The van der Waals surface area contributed by atoms with Gasteiger partial charge in [0.1, 0.15) is 0 Å². The highest BCUT2D eigenvalue weighted by Gasteiger charge is 2.37. The van der Waals surface area contributed by atoms with Gasteiger partial charge in [0.05, 0.1) is 22.6 Å². The van der Waals surface area contributed by atoms with Gasteiger partial charge in [0.25, 0.3) is 11.1 Å². The highest BCUT2D eigenvalue weighted by atomic mass is 79.9. The van der Waals surface area contributed by atoms with Crippen molar-refractivity contribution < 1.29 is 19.1 Å². The van der Waals surface area contributed by atoms with Crippen LogP contribution in [0.3, 0.4) is 0 Å². The molecule has 1 aliphatic heterocycles. The van der Waals surface area contributed by atoms with Crippen LogP contribution in [0, 0.1) is 0 Å². The van der Waals surface area contributed by atoms with Gasteiger partial charge < -0.3 is 9.47 Å². The zero-order valence-corrected chi connectivity index (χ0v) is 18.1. The quantitative estimate of drug-likeness (QED) is 0.524. The Labute approximate surface area is 167 Å². The molecule has 1 aliphatic rings. The number of carbonyl (C=O) groups is 2. The van der Waals surface area contributed by atoms with Crippen LogP contribution in [-0.4, -0.2) is 35.3 Å². The van der Waals surface area contributed by atoms with Crippen molar-refractivity contribution in [3.63, 3.8) is 0 Å². The fraction of sp³-hybridized carbons (Fsp3) is 0.474. The summed E-state index contributed by atoms with van der Waals surface area (Å²) >= 11 is 4.49. The summed E-state index contributed by atoms with van der Waals surface area (Å²) < 4.78 is 12.1. The van der Waals surface area contributed by atoms with E-state index in [9.17, 15) is 9.59 Å². The number of methoxy groups -OCH3 is 1. The largest absolute Gasteiger partial charge is 0.493 e. The molecular formula is C19H24BrNO4S. The summed E-state index contributed by atoms with van der Waals surface area (Å²) in [6.07, 6.45) is 3.37. The lowest BCUT2D eigenvalue weighted by molar-refractivity contribution is -0.124. The van der Waals surface area contributed by atoms with E-state index >= 15 is 0 Å². The van der Waals surface area contributed by atoms with E-state index < -0.39 is 0 Å². The van der Waals surface area contributed by atoms with Crippen LogP contribution in [0.4, 0.5) is 4.79 Å². The Balaban J connectivity index is 2.35. The Kier molecular flexibility index (Phi) is 7.17. The third kappa shape index (κ3) is 4.43. The molecule has 0 N–H and O–H groups in total. The lowest BCUT2D eigenvalue weighted by atomic mass is 10.1. The molecule has 2 rings (SSSR count). The average molecular weight is 442 g/mol. The van der Waals surface area contributed by atoms with Crippen molar-refractivity contribution in [2.24, 2.45) is 0 Å². The van der Waals surface area contributed by atoms with Crippen molar-refractivity contribution in [2.75, 3.05) is 7.11 Å². The molecule has 0 unspecified atom stereocenters. The molecular weight excluding hydrogens is 418 g/mol. The molecule has 2 amide bonds. The average Bonchev–Trinajstić information content (AvgIpc) is 2.89. The van der Waals surface area contributed by atoms with Crippen LogP contribution in [0.5, 0.6) is 11.5 Å². The number of benzene rings is 1. The molecule has 1 saturated heterocycles. The zero-order chi connectivity index (χ0) is 19.4. The minimum absolute atomic E-state index is 0.0538. The van der Waals surface area contributed by atoms with Crippen molar-refractivity contribution in [3.05, 3.63) is 27.1 Å². The molecule has 0 aliphatic carbocycles. The van der Waals surface area contributed by atoms with E-state index in [0.29, 0.717) is 16.4 Å². The first-order valence-corrected chi connectivity index (χ1v) is 10.2. The Bertz CT molecular complexity index is 734. The monoisotopic (exact) mass is 441 g/mol. The summed E-state index contributed by atoms with van der Waals surface area (Å²) in [5.41, 5.74) is 0.764. The Morgan fingerprint density at radius 3 is 2.50 bits per heavy atom. The summed E-state index contributed by atoms with van der Waals surface area (Å²) in [5.74, 6) is 0.961. The van der Waals surface area contributed by atoms with Gasteiger partial charge in [-0.05, 0) is 78.2 Å². The van der Waals surface area contributed by atoms with Gasteiger partial charge in [-0.25, -0.2) is 0 Å². The normalized spacial score (nSPS) is 18.4. The summed E-state index contributed by atoms with van der Waals surface area (Å²) in [5, 5.41) is -0.224. The van der Waals surface area contributed by atoms with Gasteiger partial charge in [-0.15, -0.1) is 0 Å². The second-order valence-corrected chi connectivity index (χ2v) is 8.03. The molecule has 0 saturated carbocycles. The minimum atomic E-state index is -0.246. The van der Waals surface area contributed by atoms with Gasteiger partial charge in [0.2, 0.25) is 0 Å². The zero-order valence-electron chi connectivity index (χ0n) is 15.7. The first-order chi connectivity index (χ1) is 12.3. The third-order valence-corrected chi connectivity index (χ3v) is 5.77. The molecule has 1 aromatic carbocycles. The maximum Gasteiger partial charge on any atom is 0.293 e. The molecule has 1 fully saturated rings. The van der Waals surface area contributed by atoms with Gasteiger partial charge >= 0.3 is 0 Å². The second-order valence-electron chi connectivity index (χ2n) is 6.18. The second kappa shape index (κ2) is 8.95. The Hall–Kier alpha value is -1.47. The number of imide groups is 1. The van der Waals surface area contributed by atoms with E-state index in [1.807, 2.05) is 33.8 Å². The molecule has 7 heteroatoms. The fourth-order valence-electron chi connectivity index (χ4n) is 2.42. The van der Waals surface area contributed by atoms with E-state index in [2.05, 4.69) is 15.9 Å². The van der Waals surface area contributed by atoms with Crippen LogP contribution < -0.4 is 9.47 Å². The molecule has 0 spiro atoms. The van der Waals surface area contributed by atoms with E-state index in [1.54, 1.807) is 19.3 Å². The van der Waals surface area contributed by atoms with Gasteiger partial charge in [0, 0.05) is 6.04 Å². The number of halogens is 1. The molecule has 1 aromatic rings. The van der Waals surface area contributed by atoms with Crippen LogP contribution in [0.25, 0.3) is 6.08 Å². The SMILES string of the molecule is CC[C@@H](C)Oc1c(Br)cc(/C=C2/SC(=O)N([C@H](C)CC)C2=O)cc1OC. The van der Waals surface area contributed by atoms with Crippen LogP contribution >= 0.6 is 27.7 Å². The highest BCUT2D eigenvalue weighted by molar-refractivity contribution is 9.10. The molecule has 5 nitrogen and oxygen atoms in total. The molecule has 1 heterocycles. The highest BCUT2D eigenvalue weighted by Crippen LogP contribution is 2.40. The van der Waals surface area contributed by atoms with Gasteiger partial charge in [-0.1, -0.05) is 13.8 Å². The van der Waals surface area contributed by atoms with Crippen LogP contribution in [0.2, 0.25) is 0 Å². The summed E-state index contributed by atoms with van der Waals surface area (Å²) in [6.45, 7) is 7.87. The van der Waals surface area contributed by atoms with E-state index in [0.717, 1.165) is 34.6 Å². The fourth-order valence-corrected chi connectivity index (χ4v) is 3.90. The summed E-state index contributed by atoms with van der Waals surface area (Å²) in [6, 6.07) is 3.55. The number of ether oxygens (including phenoxy) is 2. The number of hydrogen-bond donors (Lipinski definition) is 0. The lowest BCUT2D eigenvalue weighted by Crippen LogP contribution is -2.36. The number of carbonyl (C=O) groups excluding carboxylic acids is 2. The minimum Gasteiger partial charge on any atom is -0.493 e. The number of amides is 2. The van der Waals surface area contributed by atoms with E-state index in [1.165, 1.54) is 4.90 Å². The van der Waals surface area contributed by atoms with Crippen molar-refractivity contribution in [1.82, 2.24) is 4.90 Å². The smallest absolute Gasteiger partial charge is 0.293 e.